The fourth-order valence-electron chi connectivity index (χ4n) is 3.71. The maximum atomic E-state index is 13.8. The number of carbonyl (C=O) groups is 1. The van der Waals surface area contributed by atoms with Gasteiger partial charge in [0.1, 0.15) is 17.7 Å². The van der Waals surface area contributed by atoms with E-state index in [4.69, 9.17) is 4.74 Å². The largest absolute Gasteiger partial charge is 0.489 e. The van der Waals surface area contributed by atoms with Gasteiger partial charge in [-0.25, -0.2) is 9.18 Å². The predicted octanol–water partition coefficient (Wildman–Crippen LogP) is 4.77. The minimum Gasteiger partial charge on any atom is -0.489 e. The van der Waals surface area contributed by atoms with Crippen molar-refractivity contribution in [1.82, 2.24) is 15.1 Å². The molecule has 2 atom stereocenters. The molecule has 29 heavy (non-hydrogen) atoms. The third-order valence-electron chi connectivity index (χ3n) is 5.38. The number of nitrogens with zero attached hydrogens (tertiary/aromatic N) is 2. The highest BCUT2D eigenvalue weighted by Gasteiger charge is 2.36. The number of aryl methyl sites for hydroxylation is 1. The molecule has 1 aliphatic rings. The number of ether oxygens (including phenoxy) is 1. The lowest BCUT2D eigenvalue weighted by Gasteiger charge is -2.39. The molecule has 4 rings (SSSR count). The molecule has 3 aromatic rings. The SMILES string of the molecule is Cn1ncc2c(NC(=O)NC3CC(C(C)(C)C)Oc4cc(F)ccc43)cccc21. The first-order valence-electron chi connectivity index (χ1n) is 9.67. The quantitative estimate of drug-likeness (QED) is 0.655. The minimum atomic E-state index is -0.357. The van der Waals surface area contributed by atoms with Crippen molar-refractivity contribution in [2.24, 2.45) is 12.5 Å². The summed E-state index contributed by atoms with van der Waals surface area (Å²) in [7, 11) is 1.86. The monoisotopic (exact) mass is 396 g/mol. The van der Waals surface area contributed by atoms with Crippen molar-refractivity contribution in [3.63, 3.8) is 0 Å². The van der Waals surface area contributed by atoms with Crippen molar-refractivity contribution in [2.75, 3.05) is 5.32 Å². The molecule has 6 nitrogen and oxygen atoms in total. The highest BCUT2D eigenvalue weighted by atomic mass is 19.1. The second kappa shape index (κ2) is 7.06. The van der Waals surface area contributed by atoms with Crippen LogP contribution in [-0.2, 0) is 7.05 Å². The van der Waals surface area contributed by atoms with E-state index in [-0.39, 0.29) is 29.4 Å². The first-order valence-corrected chi connectivity index (χ1v) is 9.67. The molecular weight excluding hydrogens is 371 g/mol. The van der Waals surface area contributed by atoms with Crippen LogP contribution in [0.5, 0.6) is 5.75 Å². The number of halogens is 1. The fraction of sp³-hybridized carbons (Fsp3) is 0.364. The molecule has 0 saturated heterocycles. The molecule has 2 unspecified atom stereocenters. The Morgan fingerprint density at radius 1 is 1.28 bits per heavy atom. The maximum Gasteiger partial charge on any atom is 0.319 e. The van der Waals surface area contributed by atoms with E-state index < -0.39 is 0 Å². The van der Waals surface area contributed by atoms with Gasteiger partial charge in [0.2, 0.25) is 0 Å². The van der Waals surface area contributed by atoms with Gasteiger partial charge in [-0.05, 0) is 23.6 Å². The lowest BCUT2D eigenvalue weighted by atomic mass is 9.82. The molecule has 0 bridgehead atoms. The number of nitrogens with one attached hydrogen (secondary N) is 2. The van der Waals surface area contributed by atoms with Gasteiger partial charge in [0.25, 0.3) is 0 Å². The van der Waals surface area contributed by atoms with Crippen molar-refractivity contribution < 1.29 is 13.9 Å². The van der Waals surface area contributed by atoms with Crippen LogP contribution in [0.2, 0.25) is 0 Å². The van der Waals surface area contributed by atoms with E-state index in [2.05, 4.69) is 36.5 Å². The van der Waals surface area contributed by atoms with Crippen LogP contribution in [-0.4, -0.2) is 21.9 Å². The molecule has 2 amide bonds. The van der Waals surface area contributed by atoms with E-state index in [0.29, 0.717) is 17.9 Å². The summed E-state index contributed by atoms with van der Waals surface area (Å²) in [4.78, 5) is 12.8. The Kier molecular flexibility index (Phi) is 4.68. The normalized spacial score (nSPS) is 18.8. The molecule has 2 N–H and O–H groups in total. The summed E-state index contributed by atoms with van der Waals surface area (Å²) >= 11 is 0. The Labute approximate surface area is 169 Å². The second-order valence-corrected chi connectivity index (χ2v) is 8.55. The molecule has 0 radical (unpaired) electrons. The topological polar surface area (TPSA) is 68.2 Å². The zero-order valence-electron chi connectivity index (χ0n) is 17.0. The zero-order valence-corrected chi connectivity index (χ0v) is 17.0. The van der Waals surface area contributed by atoms with E-state index in [9.17, 15) is 9.18 Å². The Morgan fingerprint density at radius 2 is 2.07 bits per heavy atom. The van der Waals surface area contributed by atoms with Crippen molar-refractivity contribution in [3.8, 4) is 5.75 Å². The minimum absolute atomic E-state index is 0.149. The van der Waals surface area contributed by atoms with E-state index in [1.807, 2.05) is 25.2 Å². The number of carbonyl (C=O) groups excluding carboxylic acids is 1. The van der Waals surface area contributed by atoms with Gasteiger partial charge in [-0.15, -0.1) is 0 Å². The summed E-state index contributed by atoms with van der Waals surface area (Å²) in [6, 6.07) is 9.52. The fourth-order valence-corrected chi connectivity index (χ4v) is 3.71. The van der Waals surface area contributed by atoms with Gasteiger partial charge in [-0.3, -0.25) is 4.68 Å². The van der Waals surface area contributed by atoms with E-state index >= 15 is 0 Å². The first kappa shape index (κ1) is 19.2. The number of fused-ring (bicyclic) bond motifs is 2. The zero-order chi connectivity index (χ0) is 20.8. The van der Waals surface area contributed by atoms with Gasteiger partial charge in [0.15, 0.2) is 0 Å². The van der Waals surface area contributed by atoms with Gasteiger partial charge >= 0.3 is 6.03 Å². The number of hydrogen-bond acceptors (Lipinski definition) is 3. The molecule has 2 aromatic carbocycles. The number of benzene rings is 2. The van der Waals surface area contributed by atoms with E-state index in [0.717, 1.165) is 16.5 Å². The molecule has 1 aliphatic heterocycles. The standard InChI is InChI=1S/C22H25FN4O2/c1-22(2,3)20-11-17(14-9-8-13(23)10-19(14)29-20)26-21(28)25-16-6-5-7-18-15(16)12-24-27(18)4/h5-10,12,17,20H,11H2,1-4H3,(H2,25,26,28). The van der Waals surface area contributed by atoms with Crippen molar-refractivity contribution in [2.45, 2.75) is 39.3 Å². The van der Waals surface area contributed by atoms with Crippen LogP contribution in [0.3, 0.4) is 0 Å². The Bertz CT molecular complexity index is 1070. The third kappa shape index (κ3) is 3.77. The molecule has 152 valence electrons. The predicted molar refractivity (Wildman–Crippen MR) is 110 cm³/mol. The maximum absolute atomic E-state index is 13.8. The molecule has 0 saturated carbocycles. The summed E-state index contributed by atoms with van der Waals surface area (Å²) in [6.07, 6.45) is 2.18. The number of rotatable bonds is 2. The van der Waals surface area contributed by atoms with Crippen LogP contribution in [0.4, 0.5) is 14.9 Å². The molecule has 2 heterocycles. The second-order valence-electron chi connectivity index (χ2n) is 8.55. The van der Waals surface area contributed by atoms with Crippen LogP contribution in [0, 0.1) is 11.2 Å². The van der Waals surface area contributed by atoms with Crippen LogP contribution in [0.25, 0.3) is 10.9 Å². The summed E-state index contributed by atoms with van der Waals surface area (Å²) in [5, 5.41) is 11.1. The highest BCUT2D eigenvalue weighted by molar-refractivity contribution is 6.00. The van der Waals surface area contributed by atoms with Crippen LogP contribution < -0.4 is 15.4 Å². The van der Waals surface area contributed by atoms with Gasteiger partial charge in [0.05, 0.1) is 23.4 Å². The number of hydrogen-bond donors (Lipinski definition) is 2. The lowest BCUT2D eigenvalue weighted by Crippen LogP contribution is -2.42. The van der Waals surface area contributed by atoms with E-state index in [1.165, 1.54) is 12.1 Å². The van der Waals surface area contributed by atoms with Crippen molar-refractivity contribution in [1.29, 1.82) is 0 Å². The van der Waals surface area contributed by atoms with E-state index in [1.54, 1.807) is 16.9 Å². The average molecular weight is 396 g/mol. The molecule has 0 aliphatic carbocycles. The van der Waals surface area contributed by atoms with Crippen molar-refractivity contribution >= 4 is 22.6 Å². The van der Waals surface area contributed by atoms with Gasteiger partial charge < -0.3 is 15.4 Å². The Morgan fingerprint density at radius 3 is 2.83 bits per heavy atom. The molecule has 7 heteroatoms. The summed E-state index contributed by atoms with van der Waals surface area (Å²) < 4.78 is 21.6. The van der Waals surface area contributed by atoms with Gasteiger partial charge in [-0.2, -0.15) is 5.10 Å². The number of aromatic nitrogens is 2. The van der Waals surface area contributed by atoms with Gasteiger partial charge in [0, 0.05) is 30.5 Å². The van der Waals surface area contributed by atoms with Crippen LogP contribution >= 0.6 is 0 Å². The lowest BCUT2D eigenvalue weighted by molar-refractivity contribution is 0.0542. The molecule has 0 spiro atoms. The molecule has 1 aromatic heterocycles. The summed E-state index contributed by atoms with van der Waals surface area (Å²) in [6.45, 7) is 6.21. The van der Waals surface area contributed by atoms with Gasteiger partial charge in [-0.1, -0.05) is 32.9 Å². The number of urea groups is 1. The van der Waals surface area contributed by atoms with Crippen molar-refractivity contribution in [3.05, 3.63) is 54.0 Å². The Hall–Kier alpha value is -3.09. The molecule has 0 fully saturated rings. The summed E-state index contributed by atoms with van der Waals surface area (Å²) in [5.74, 6) is 0.126. The third-order valence-corrected chi connectivity index (χ3v) is 5.38. The summed E-state index contributed by atoms with van der Waals surface area (Å²) in [5.41, 5.74) is 2.25. The molecular formula is C22H25FN4O2. The van der Waals surface area contributed by atoms with Crippen LogP contribution in [0.15, 0.2) is 42.6 Å². The number of anilines is 1. The smallest absolute Gasteiger partial charge is 0.319 e. The Balaban J connectivity index is 1.58. The first-order chi connectivity index (χ1) is 13.7. The highest BCUT2D eigenvalue weighted by Crippen LogP contribution is 2.40. The van der Waals surface area contributed by atoms with Crippen LogP contribution in [0.1, 0.15) is 38.8 Å². The number of amides is 2. The average Bonchev–Trinajstić information content (AvgIpc) is 3.02.